The first-order chi connectivity index (χ1) is 12.1. The van der Waals surface area contributed by atoms with Gasteiger partial charge in [0.15, 0.2) is 5.78 Å². The molecule has 3 nitrogen and oxygen atoms in total. The number of nitrogens with zero attached hydrogens (tertiary/aromatic N) is 1. The van der Waals surface area contributed by atoms with Gasteiger partial charge < -0.3 is 5.11 Å². The summed E-state index contributed by atoms with van der Waals surface area (Å²) in [6, 6.07) is 24.4. The first-order valence-corrected chi connectivity index (χ1v) is 8.27. The lowest BCUT2D eigenvalue weighted by Crippen LogP contribution is -2.17. The summed E-state index contributed by atoms with van der Waals surface area (Å²) in [7, 11) is 2.09. The minimum atomic E-state index is -0.0378. The molecule has 0 unspecified atom stereocenters. The summed E-state index contributed by atoms with van der Waals surface area (Å²) in [5.74, 6) is 0.123. The molecule has 0 saturated heterocycles. The van der Waals surface area contributed by atoms with Crippen molar-refractivity contribution < 1.29 is 9.90 Å². The summed E-state index contributed by atoms with van der Waals surface area (Å²) in [5, 5.41) is 9.32. The van der Waals surface area contributed by atoms with Crippen molar-refractivity contribution >= 4 is 5.78 Å². The van der Waals surface area contributed by atoms with Crippen molar-refractivity contribution in [1.82, 2.24) is 4.90 Å². The Kier molecular flexibility index (Phi) is 5.26. The number of rotatable bonds is 6. The summed E-state index contributed by atoms with van der Waals surface area (Å²) in [6.07, 6.45) is 0. The molecular formula is C22H21NO2. The molecule has 1 N–H and O–H groups in total. The molecule has 0 aromatic heterocycles. The topological polar surface area (TPSA) is 40.5 Å². The van der Waals surface area contributed by atoms with Crippen molar-refractivity contribution in [1.29, 1.82) is 0 Å². The number of phenolic OH excluding ortho intramolecular Hbond substituents is 1. The lowest BCUT2D eigenvalue weighted by Gasteiger charge is -2.17. The molecule has 0 amide bonds. The van der Waals surface area contributed by atoms with Crippen LogP contribution < -0.4 is 0 Å². The Balaban J connectivity index is 1.63. The average Bonchev–Trinajstić information content (AvgIpc) is 2.63. The highest BCUT2D eigenvalue weighted by atomic mass is 16.3. The molecule has 3 rings (SSSR count). The minimum absolute atomic E-state index is 0.0378. The maximum absolute atomic E-state index is 12.4. The van der Waals surface area contributed by atoms with Crippen molar-refractivity contribution in [2.24, 2.45) is 0 Å². The van der Waals surface area contributed by atoms with Gasteiger partial charge in [-0.1, -0.05) is 54.6 Å². The van der Waals surface area contributed by atoms with Crippen LogP contribution in [0.1, 0.15) is 27.0 Å². The van der Waals surface area contributed by atoms with Gasteiger partial charge in [-0.05, 0) is 42.4 Å². The van der Waals surface area contributed by atoms with Crippen LogP contribution in [0.5, 0.6) is 5.75 Å². The minimum Gasteiger partial charge on any atom is -0.508 e. The molecule has 0 saturated carbocycles. The van der Waals surface area contributed by atoms with E-state index in [-0.39, 0.29) is 11.5 Å². The third-order valence-electron chi connectivity index (χ3n) is 4.09. The Hall–Kier alpha value is -2.91. The van der Waals surface area contributed by atoms with Crippen molar-refractivity contribution in [3.8, 4) is 5.75 Å². The van der Waals surface area contributed by atoms with Gasteiger partial charge in [-0.25, -0.2) is 0 Å². The van der Waals surface area contributed by atoms with E-state index in [1.807, 2.05) is 42.5 Å². The summed E-state index contributed by atoms with van der Waals surface area (Å²) in [5.41, 5.74) is 3.68. The molecule has 3 aromatic carbocycles. The van der Waals surface area contributed by atoms with E-state index in [0.29, 0.717) is 11.1 Å². The molecule has 0 aliphatic carbocycles. The molecule has 3 heteroatoms. The predicted molar refractivity (Wildman–Crippen MR) is 99.6 cm³/mol. The molecule has 0 atom stereocenters. The molecule has 0 heterocycles. The van der Waals surface area contributed by atoms with Crippen LogP contribution in [0.2, 0.25) is 0 Å². The van der Waals surface area contributed by atoms with Crippen molar-refractivity contribution in [3.05, 3.63) is 101 Å². The van der Waals surface area contributed by atoms with E-state index in [1.54, 1.807) is 12.1 Å². The molecule has 0 fully saturated rings. The molecular weight excluding hydrogens is 310 g/mol. The maximum Gasteiger partial charge on any atom is 0.193 e. The molecule has 25 heavy (non-hydrogen) atoms. The van der Waals surface area contributed by atoms with E-state index < -0.39 is 0 Å². The first-order valence-electron chi connectivity index (χ1n) is 8.27. The standard InChI is InChI=1S/C22H21NO2/c1-23(15-17-5-3-2-4-6-17)16-18-7-9-19(10-8-18)22(25)20-11-13-21(24)14-12-20/h2-14,24H,15-16H2,1H3. The van der Waals surface area contributed by atoms with E-state index in [4.69, 9.17) is 0 Å². The van der Waals surface area contributed by atoms with E-state index >= 15 is 0 Å². The van der Waals surface area contributed by atoms with Crippen LogP contribution in [-0.4, -0.2) is 22.8 Å². The second-order valence-electron chi connectivity index (χ2n) is 6.23. The van der Waals surface area contributed by atoms with Crippen molar-refractivity contribution in [2.75, 3.05) is 7.05 Å². The smallest absolute Gasteiger partial charge is 0.193 e. The highest BCUT2D eigenvalue weighted by Gasteiger charge is 2.09. The number of carbonyl (C=O) groups excluding carboxylic acids is 1. The van der Waals surface area contributed by atoms with Gasteiger partial charge in [0.2, 0.25) is 0 Å². The normalized spacial score (nSPS) is 10.8. The fourth-order valence-corrected chi connectivity index (χ4v) is 2.80. The lowest BCUT2D eigenvalue weighted by atomic mass is 10.0. The quantitative estimate of drug-likeness (QED) is 0.686. The van der Waals surface area contributed by atoms with Gasteiger partial charge in [0, 0.05) is 24.2 Å². The Bertz CT molecular complexity index is 824. The van der Waals surface area contributed by atoms with Crippen molar-refractivity contribution in [2.45, 2.75) is 13.1 Å². The zero-order valence-corrected chi connectivity index (χ0v) is 14.2. The highest BCUT2D eigenvalue weighted by molar-refractivity contribution is 6.09. The highest BCUT2D eigenvalue weighted by Crippen LogP contribution is 2.15. The SMILES string of the molecule is CN(Cc1ccccc1)Cc1ccc(C(=O)c2ccc(O)cc2)cc1. The third-order valence-corrected chi connectivity index (χ3v) is 4.09. The molecule has 0 spiro atoms. The Morgan fingerprint density at radius 2 is 1.24 bits per heavy atom. The van der Waals surface area contributed by atoms with Crippen LogP contribution in [-0.2, 0) is 13.1 Å². The third kappa shape index (κ3) is 4.55. The van der Waals surface area contributed by atoms with Gasteiger partial charge >= 0.3 is 0 Å². The van der Waals surface area contributed by atoms with E-state index in [1.165, 1.54) is 23.3 Å². The number of carbonyl (C=O) groups is 1. The predicted octanol–water partition coefficient (Wildman–Crippen LogP) is 4.26. The van der Waals surface area contributed by atoms with Crippen LogP contribution in [0.15, 0.2) is 78.9 Å². The van der Waals surface area contributed by atoms with Gasteiger partial charge in [0.1, 0.15) is 5.75 Å². The lowest BCUT2D eigenvalue weighted by molar-refractivity contribution is 0.103. The molecule has 0 radical (unpaired) electrons. The molecule has 126 valence electrons. The number of hydrogen-bond donors (Lipinski definition) is 1. The van der Waals surface area contributed by atoms with Gasteiger partial charge in [0.25, 0.3) is 0 Å². The van der Waals surface area contributed by atoms with Crippen LogP contribution in [0.4, 0.5) is 0 Å². The average molecular weight is 331 g/mol. The Labute approximate surface area is 148 Å². The van der Waals surface area contributed by atoms with Crippen LogP contribution in [0.25, 0.3) is 0 Å². The molecule has 0 bridgehead atoms. The van der Waals surface area contributed by atoms with Gasteiger partial charge in [-0.3, -0.25) is 9.69 Å². The number of aromatic hydroxyl groups is 1. The van der Waals surface area contributed by atoms with Gasteiger partial charge in [-0.15, -0.1) is 0 Å². The number of phenols is 1. The fraction of sp³-hybridized carbons (Fsp3) is 0.136. The van der Waals surface area contributed by atoms with E-state index in [0.717, 1.165) is 13.1 Å². The van der Waals surface area contributed by atoms with E-state index in [9.17, 15) is 9.90 Å². The molecule has 3 aromatic rings. The summed E-state index contributed by atoms with van der Waals surface area (Å²) < 4.78 is 0. The fourth-order valence-electron chi connectivity index (χ4n) is 2.80. The second kappa shape index (κ2) is 7.77. The summed E-state index contributed by atoms with van der Waals surface area (Å²) in [4.78, 5) is 14.7. The van der Waals surface area contributed by atoms with E-state index in [2.05, 4.69) is 24.1 Å². The number of ketones is 1. The van der Waals surface area contributed by atoms with Crippen molar-refractivity contribution in [3.63, 3.8) is 0 Å². The molecule has 0 aliphatic rings. The molecule has 0 aliphatic heterocycles. The monoisotopic (exact) mass is 331 g/mol. The van der Waals surface area contributed by atoms with Crippen LogP contribution in [0.3, 0.4) is 0 Å². The zero-order chi connectivity index (χ0) is 17.6. The van der Waals surface area contributed by atoms with Crippen LogP contribution in [0, 0.1) is 0 Å². The Morgan fingerprint density at radius 3 is 1.80 bits per heavy atom. The first kappa shape index (κ1) is 16.9. The number of benzene rings is 3. The zero-order valence-electron chi connectivity index (χ0n) is 14.2. The Morgan fingerprint density at radius 1 is 0.760 bits per heavy atom. The number of hydrogen-bond acceptors (Lipinski definition) is 3. The van der Waals surface area contributed by atoms with Crippen LogP contribution >= 0.6 is 0 Å². The second-order valence-corrected chi connectivity index (χ2v) is 6.23. The summed E-state index contributed by atoms with van der Waals surface area (Å²) in [6.45, 7) is 1.71. The van der Waals surface area contributed by atoms with Gasteiger partial charge in [0.05, 0.1) is 0 Å². The largest absolute Gasteiger partial charge is 0.508 e. The van der Waals surface area contributed by atoms with Gasteiger partial charge in [-0.2, -0.15) is 0 Å². The maximum atomic E-state index is 12.4. The summed E-state index contributed by atoms with van der Waals surface area (Å²) >= 11 is 0.